The molecular formula is C9H17NO2S. The molecule has 1 N–H and O–H groups in total. The Bertz CT molecular complexity index is 169. The fraction of sp³-hybridized carbons (Fsp3) is 0.889. The van der Waals surface area contributed by atoms with E-state index < -0.39 is 6.09 Å². The Morgan fingerprint density at radius 1 is 1.46 bits per heavy atom. The molecule has 0 atom stereocenters. The first-order valence-electron chi connectivity index (χ1n) is 4.91. The van der Waals surface area contributed by atoms with E-state index >= 15 is 0 Å². The molecule has 1 saturated carbocycles. The second-order valence-electron chi connectivity index (χ2n) is 3.34. The molecule has 1 aliphatic rings. The van der Waals surface area contributed by atoms with Gasteiger partial charge in [-0.05, 0) is 31.7 Å². The highest BCUT2D eigenvalue weighted by atomic mass is 32.2. The molecular weight excluding hydrogens is 186 g/mol. The van der Waals surface area contributed by atoms with E-state index in [2.05, 4.69) is 0 Å². The van der Waals surface area contributed by atoms with E-state index in [9.17, 15) is 4.79 Å². The van der Waals surface area contributed by atoms with E-state index in [4.69, 9.17) is 5.11 Å². The number of nitrogens with zero attached hydrogens (tertiary/aromatic N) is 1. The molecule has 0 spiro atoms. The summed E-state index contributed by atoms with van der Waals surface area (Å²) in [6, 6.07) is 0. The lowest BCUT2D eigenvalue weighted by Gasteiger charge is -2.25. The van der Waals surface area contributed by atoms with E-state index in [1.54, 1.807) is 0 Å². The summed E-state index contributed by atoms with van der Waals surface area (Å²) in [5, 5.41) is 9.34. The average Bonchev–Trinajstić information content (AvgIpc) is 2.15. The number of hydrogen-bond acceptors (Lipinski definition) is 2. The maximum atomic E-state index is 10.7. The molecule has 0 aromatic rings. The average molecular weight is 203 g/mol. The van der Waals surface area contributed by atoms with Crippen LogP contribution in [-0.4, -0.2) is 27.3 Å². The predicted molar refractivity (Wildman–Crippen MR) is 54.9 cm³/mol. The highest BCUT2D eigenvalue weighted by Crippen LogP contribution is 2.30. The largest absolute Gasteiger partial charge is 0.464 e. The van der Waals surface area contributed by atoms with Gasteiger partial charge in [0.1, 0.15) is 0 Å². The molecule has 0 bridgehead atoms. The standard InChI is InChI=1S/C9H17NO2S/c1-2-10(9(11)12)13-8-6-4-3-5-7-8/h8H,2-7H2,1H3,(H,11,12). The van der Waals surface area contributed by atoms with Crippen LogP contribution in [0.25, 0.3) is 0 Å². The van der Waals surface area contributed by atoms with Crippen LogP contribution in [0.2, 0.25) is 0 Å². The first kappa shape index (κ1) is 10.7. The Morgan fingerprint density at radius 2 is 2.08 bits per heavy atom. The summed E-state index contributed by atoms with van der Waals surface area (Å²) in [5.41, 5.74) is 0. The third-order valence-electron chi connectivity index (χ3n) is 2.33. The minimum absolute atomic E-state index is 0.532. The Labute approximate surface area is 83.6 Å². The smallest absolute Gasteiger partial charge is 0.417 e. The molecule has 0 radical (unpaired) electrons. The second kappa shape index (κ2) is 5.37. The molecule has 1 rings (SSSR count). The van der Waals surface area contributed by atoms with Gasteiger partial charge in [-0.15, -0.1) is 0 Å². The van der Waals surface area contributed by atoms with Crippen LogP contribution in [0.5, 0.6) is 0 Å². The topological polar surface area (TPSA) is 40.5 Å². The van der Waals surface area contributed by atoms with Crippen molar-refractivity contribution in [2.75, 3.05) is 6.54 Å². The van der Waals surface area contributed by atoms with Crippen LogP contribution in [0.3, 0.4) is 0 Å². The minimum atomic E-state index is -0.807. The first-order valence-corrected chi connectivity index (χ1v) is 5.75. The quantitative estimate of drug-likeness (QED) is 0.717. The van der Waals surface area contributed by atoms with Gasteiger partial charge in [-0.3, -0.25) is 4.31 Å². The molecule has 0 heterocycles. The summed E-state index contributed by atoms with van der Waals surface area (Å²) in [5.74, 6) is 0. The molecule has 3 nitrogen and oxygen atoms in total. The van der Waals surface area contributed by atoms with Crippen molar-refractivity contribution in [2.24, 2.45) is 0 Å². The van der Waals surface area contributed by atoms with Crippen molar-refractivity contribution >= 4 is 18.0 Å². The Kier molecular flexibility index (Phi) is 4.42. The van der Waals surface area contributed by atoms with Gasteiger partial charge in [-0.1, -0.05) is 19.3 Å². The molecule has 0 aromatic carbocycles. The van der Waals surface area contributed by atoms with Crippen LogP contribution in [0.15, 0.2) is 0 Å². The zero-order valence-corrected chi connectivity index (χ0v) is 8.85. The number of carboxylic acid groups (broad SMARTS) is 1. The molecule has 0 unspecified atom stereocenters. The monoisotopic (exact) mass is 203 g/mol. The molecule has 0 aliphatic heterocycles. The van der Waals surface area contributed by atoms with Gasteiger partial charge in [0.15, 0.2) is 0 Å². The minimum Gasteiger partial charge on any atom is -0.464 e. The SMILES string of the molecule is CCN(SC1CCCCC1)C(=O)O. The summed E-state index contributed by atoms with van der Waals surface area (Å²) in [6.07, 6.45) is 5.38. The number of carbonyl (C=O) groups is 1. The van der Waals surface area contributed by atoms with Crippen LogP contribution in [0.4, 0.5) is 4.79 Å². The van der Waals surface area contributed by atoms with Crippen molar-refractivity contribution in [1.82, 2.24) is 4.31 Å². The predicted octanol–water partition coefficient (Wildman–Crippen LogP) is 2.97. The molecule has 0 aromatic heterocycles. The second-order valence-corrected chi connectivity index (χ2v) is 4.66. The fourth-order valence-corrected chi connectivity index (χ4v) is 2.75. The van der Waals surface area contributed by atoms with Crippen LogP contribution >= 0.6 is 11.9 Å². The summed E-state index contributed by atoms with van der Waals surface area (Å²) in [4.78, 5) is 10.7. The zero-order valence-electron chi connectivity index (χ0n) is 8.03. The molecule has 1 amide bonds. The molecule has 76 valence electrons. The molecule has 1 fully saturated rings. The van der Waals surface area contributed by atoms with Crippen LogP contribution in [0.1, 0.15) is 39.0 Å². The fourth-order valence-electron chi connectivity index (χ4n) is 1.61. The lowest BCUT2D eigenvalue weighted by atomic mass is 10.0. The van der Waals surface area contributed by atoms with Gasteiger partial charge in [0.05, 0.1) is 0 Å². The van der Waals surface area contributed by atoms with Crippen molar-refractivity contribution in [3.8, 4) is 0 Å². The zero-order chi connectivity index (χ0) is 9.68. The van der Waals surface area contributed by atoms with Gasteiger partial charge in [0.25, 0.3) is 0 Å². The maximum absolute atomic E-state index is 10.7. The van der Waals surface area contributed by atoms with Gasteiger partial charge < -0.3 is 5.11 Å². The normalized spacial score (nSPS) is 18.5. The molecule has 1 aliphatic carbocycles. The van der Waals surface area contributed by atoms with Crippen molar-refractivity contribution in [3.05, 3.63) is 0 Å². The van der Waals surface area contributed by atoms with Crippen molar-refractivity contribution in [1.29, 1.82) is 0 Å². The Morgan fingerprint density at radius 3 is 2.54 bits per heavy atom. The van der Waals surface area contributed by atoms with E-state index in [1.165, 1.54) is 48.4 Å². The van der Waals surface area contributed by atoms with Gasteiger partial charge >= 0.3 is 6.09 Å². The van der Waals surface area contributed by atoms with Crippen LogP contribution in [-0.2, 0) is 0 Å². The third-order valence-corrected chi connectivity index (χ3v) is 3.77. The Hall–Kier alpha value is -0.380. The van der Waals surface area contributed by atoms with Crippen molar-refractivity contribution in [2.45, 2.75) is 44.3 Å². The summed E-state index contributed by atoms with van der Waals surface area (Å²) in [6.45, 7) is 2.46. The van der Waals surface area contributed by atoms with Gasteiger partial charge in [-0.25, -0.2) is 4.79 Å². The van der Waals surface area contributed by atoms with E-state index in [1.807, 2.05) is 6.92 Å². The van der Waals surface area contributed by atoms with Crippen molar-refractivity contribution < 1.29 is 9.90 Å². The van der Waals surface area contributed by atoms with Crippen LogP contribution < -0.4 is 0 Å². The third kappa shape index (κ3) is 3.46. The van der Waals surface area contributed by atoms with Gasteiger partial charge in [-0.2, -0.15) is 0 Å². The number of hydrogen-bond donors (Lipinski definition) is 1. The maximum Gasteiger partial charge on any atom is 0.417 e. The van der Waals surface area contributed by atoms with Gasteiger partial charge in [0.2, 0.25) is 0 Å². The highest BCUT2D eigenvalue weighted by Gasteiger charge is 2.19. The summed E-state index contributed by atoms with van der Waals surface area (Å²) >= 11 is 1.51. The van der Waals surface area contributed by atoms with E-state index in [0.29, 0.717) is 11.8 Å². The lowest BCUT2D eigenvalue weighted by Crippen LogP contribution is -2.26. The van der Waals surface area contributed by atoms with E-state index in [0.717, 1.165) is 0 Å². The van der Waals surface area contributed by atoms with Gasteiger partial charge in [0, 0.05) is 11.8 Å². The first-order chi connectivity index (χ1) is 6.24. The lowest BCUT2D eigenvalue weighted by molar-refractivity contribution is 0.176. The summed E-state index contributed by atoms with van der Waals surface area (Å²) in [7, 11) is 0. The van der Waals surface area contributed by atoms with Crippen molar-refractivity contribution in [3.63, 3.8) is 0 Å². The molecule has 13 heavy (non-hydrogen) atoms. The van der Waals surface area contributed by atoms with Crippen LogP contribution in [0, 0.1) is 0 Å². The highest BCUT2D eigenvalue weighted by molar-refractivity contribution is 7.98. The molecule has 4 heteroatoms. The number of rotatable bonds is 3. The summed E-state index contributed by atoms with van der Waals surface area (Å²) < 4.78 is 1.44. The van der Waals surface area contributed by atoms with E-state index in [-0.39, 0.29) is 0 Å². The molecule has 0 saturated heterocycles. The Balaban J connectivity index is 2.31. The number of amides is 1.